The van der Waals surface area contributed by atoms with Crippen molar-refractivity contribution in [2.45, 2.75) is 6.61 Å². The third kappa shape index (κ3) is 1.86. The lowest BCUT2D eigenvalue weighted by atomic mass is 10.1. The first kappa shape index (κ1) is 10.1. The number of nitrogens with zero attached hydrogens (tertiary/aromatic N) is 1. The molecule has 1 heterocycles. The van der Waals surface area contributed by atoms with Crippen LogP contribution in [0.25, 0.3) is 11.3 Å². The second-order valence-electron chi connectivity index (χ2n) is 2.97. The predicted molar refractivity (Wildman–Crippen MR) is 52.8 cm³/mol. The fourth-order valence-corrected chi connectivity index (χ4v) is 1.43. The summed E-state index contributed by atoms with van der Waals surface area (Å²) in [6, 6.07) is 4.18. The molecule has 0 aliphatic carbocycles. The number of halogens is 2. The molecule has 2 aromatic rings. The van der Waals surface area contributed by atoms with Crippen LogP contribution in [0.2, 0.25) is 5.02 Å². The summed E-state index contributed by atoms with van der Waals surface area (Å²) in [5.41, 5.74) is 1.13. The minimum atomic E-state index is -0.495. The first-order chi connectivity index (χ1) is 7.22. The van der Waals surface area contributed by atoms with Crippen molar-refractivity contribution in [3.8, 4) is 11.3 Å². The Morgan fingerprint density at radius 1 is 1.47 bits per heavy atom. The summed E-state index contributed by atoms with van der Waals surface area (Å²) in [5, 5.41) is 12.5. The van der Waals surface area contributed by atoms with Crippen LogP contribution in [-0.4, -0.2) is 10.3 Å². The second-order valence-corrected chi connectivity index (χ2v) is 3.37. The van der Waals surface area contributed by atoms with E-state index in [1.54, 1.807) is 0 Å². The van der Waals surface area contributed by atoms with Gasteiger partial charge >= 0.3 is 0 Å². The van der Waals surface area contributed by atoms with Crippen LogP contribution in [0.1, 0.15) is 5.56 Å². The molecule has 5 heteroatoms. The second kappa shape index (κ2) is 4.00. The summed E-state index contributed by atoms with van der Waals surface area (Å²) in [6.07, 6.45) is 1.41. The van der Waals surface area contributed by atoms with Gasteiger partial charge in [-0.05, 0) is 18.2 Å². The third-order valence-corrected chi connectivity index (χ3v) is 2.29. The molecule has 0 fully saturated rings. The first-order valence-corrected chi connectivity index (χ1v) is 4.60. The maximum Gasteiger partial charge on any atom is 0.172 e. The number of benzene rings is 1. The normalized spacial score (nSPS) is 10.6. The molecule has 3 nitrogen and oxygen atoms in total. The quantitative estimate of drug-likeness (QED) is 0.858. The van der Waals surface area contributed by atoms with Crippen molar-refractivity contribution < 1.29 is 14.0 Å². The standard InChI is InChI=1S/C10H7ClFNO2/c11-8-3-6(1-2-9(8)12)10-7(5-14)4-13-15-10/h1-4,14H,5H2. The Bertz CT molecular complexity index is 484. The van der Waals surface area contributed by atoms with Crippen molar-refractivity contribution >= 4 is 11.6 Å². The molecule has 1 aromatic carbocycles. The summed E-state index contributed by atoms with van der Waals surface area (Å²) in [7, 11) is 0. The van der Waals surface area contributed by atoms with Gasteiger partial charge in [-0.3, -0.25) is 0 Å². The third-order valence-electron chi connectivity index (χ3n) is 2.00. The highest BCUT2D eigenvalue weighted by molar-refractivity contribution is 6.31. The van der Waals surface area contributed by atoms with Gasteiger partial charge < -0.3 is 9.63 Å². The maximum atomic E-state index is 12.9. The molecule has 78 valence electrons. The van der Waals surface area contributed by atoms with Gasteiger partial charge in [0.1, 0.15) is 5.82 Å². The molecule has 0 atom stereocenters. The van der Waals surface area contributed by atoms with E-state index in [-0.39, 0.29) is 11.6 Å². The molecule has 0 radical (unpaired) electrons. The highest BCUT2D eigenvalue weighted by Crippen LogP contribution is 2.27. The van der Waals surface area contributed by atoms with Crippen LogP contribution >= 0.6 is 11.6 Å². The molecule has 0 aliphatic heterocycles. The highest BCUT2D eigenvalue weighted by Gasteiger charge is 2.11. The van der Waals surface area contributed by atoms with Crippen molar-refractivity contribution in [1.29, 1.82) is 0 Å². The van der Waals surface area contributed by atoms with Crippen molar-refractivity contribution in [1.82, 2.24) is 5.16 Å². The largest absolute Gasteiger partial charge is 0.391 e. The maximum absolute atomic E-state index is 12.9. The Morgan fingerprint density at radius 2 is 2.27 bits per heavy atom. The van der Waals surface area contributed by atoms with Crippen LogP contribution in [0.5, 0.6) is 0 Å². The Hall–Kier alpha value is -1.39. The van der Waals surface area contributed by atoms with Crippen LogP contribution in [0, 0.1) is 5.82 Å². The molecule has 1 N–H and O–H groups in total. The molecule has 15 heavy (non-hydrogen) atoms. The number of aromatic nitrogens is 1. The zero-order valence-electron chi connectivity index (χ0n) is 7.58. The van der Waals surface area contributed by atoms with Gasteiger partial charge in [0.2, 0.25) is 0 Å². The Labute approximate surface area is 90.1 Å². The van der Waals surface area contributed by atoms with Crippen molar-refractivity contribution in [3.63, 3.8) is 0 Å². The van der Waals surface area contributed by atoms with Crippen LogP contribution in [-0.2, 0) is 6.61 Å². The van der Waals surface area contributed by atoms with E-state index in [1.165, 1.54) is 24.4 Å². The van der Waals surface area contributed by atoms with Gasteiger partial charge in [0, 0.05) is 11.1 Å². The Balaban J connectivity index is 2.50. The molecule has 0 bridgehead atoms. The number of hydrogen-bond acceptors (Lipinski definition) is 3. The molecule has 0 saturated heterocycles. The van der Waals surface area contributed by atoms with E-state index in [4.69, 9.17) is 21.2 Å². The molecule has 0 saturated carbocycles. The number of hydrogen-bond donors (Lipinski definition) is 1. The summed E-state index contributed by atoms with van der Waals surface area (Å²) in [5.74, 6) is -0.0927. The van der Waals surface area contributed by atoms with Crippen molar-refractivity contribution in [2.24, 2.45) is 0 Å². The monoisotopic (exact) mass is 227 g/mol. The van der Waals surface area contributed by atoms with E-state index >= 15 is 0 Å². The van der Waals surface area contributed by atoms with E-state index in [0.717, 1.165) is 0 Å². The number of aliphatic hydroxyl groups excluding tert-OH is 1. The van der Waals surface area contributed by atoms with Crippen LogP contribution < -0.4 is 0 Å². The van der Waals surface area contributed by atoms with Crippen LogP contribution in [0.15, 0.2) is 28.9 Å². The lowest BCUT2D eigenvalue weighted by Gasteiger charge is -2.00. The van der Waals surface area contributed by atoms with Gasteiger partial charge in [-0.25, -0.2) is 4.39 Å². The molecular formula is C10H7ClFNO2. The van der Waals surface area contributed by atoms with Crippen molar-refractivity contribution in [2.75, 3.05) is 0 Å². The summed E-state index contributed by atoms with van der Waals surface area (Å²) >= 11 is 5.63. The number of rotatable bonds is 2. The smallest absolute Gasteiger partial charge is 0.172 e. The van der Waals surface area contributed by atoms with Gasteiger partial charge in [0.25, 0.3) is 0 Å². The van der Waals surface area contributed by atoms with Gasteiger partial charge in [-0.15, -0.1) is 0 Å². The molecule has 0 amide bonds. The van der Waals surface area contributed by atoms with Gasteiger partial charge in [-0.1, -0.05) is 16.8 Å². The molecule has 2 rings (SSSR count). The predicted octanol–water partition coefficient (Wildman–Crippen LogP) is 2.63. The lowest BCUT2D eigenvalue weighted by molar-refractivity contribution is 0.281. The van der Waals surface area contributed by atoms with Crippen LogP contribution in [0.4, 0.5) is 4.39 Å². The van der Waals surface area contributed by atoms with E-state index in [2.05, 4.69) is 5.16 Å². The fraction of sp³-hybridized carbons (Fsp3) is 0.100. The Morgan fingerprint density at radius 3 is 2.93 bits per heavy atom. The zero-order chi connectivity index (χ0) is 10.8. The molecule has 0 unspecified atom stereocenters. The molecular weight excluding hydrogens is 221 g/mol. The van der Waals surface area contributed by atoms with E-state index in [1.807, 2.05) is 0 Å². The Kier molecular flexibility index (Phi) is 2.70. The summed E-state index contributed by atoms with van der Waals surface area (Å²) < 4.78 is 17.8. The first-order valence-electron chi connectivity index (χ1n) is 4.22. The SMILES string of the molecule is OCc1cnoc1-c1ccc(F)c(Cl)c1. The number of aliphatic hydroxyl groups is 1. The van der Waals surface area contributed by atoms with Crippen molar-refractivity contribution in [3.05, 3.63) is 40.8 Å². The minimum Gasteiger partial charge on any atom is -0.391 e. The van der Waals surface area contributed by atoms with Crippen LogP contribution in [0.3, 0.4) is 0 Å². The zero-order valence-corrected chi connectivity index (χ0v) is 8.33. The van der Waals surface area contributed by atoms with E-state index in [9.17, 15) is 4.39 Å². The topological polar surface area (TPSA) is 46.3 Å². The van der Waals surface area contributed by atoms with E-state index in [0.29, 0.717) is 16.9 Å². The molecule has 1 aromatic heterocycles. The average molecular weight is 228 g/mol. The minimum absolute atomic E-state index is 0.00721. The van der Waals surface area contributed by atoms with Gasteiger partial charge in [0.15, 0.2) is 5.76 Å². The van der Waals surface area contributed by atoms with Gasteiger partial charge in [0.05, 0.1) is 17.8 Å². The molecule has 0 spiro atoms. The fourth-order valence-electron chi connectivity index (χ4n) is 1.25. The van der Waals surface area contributed by atoms with Gasteiger partial charge in [-0.2, -0.15) is 0 Å². The van der Waals surface area contributed by atoms with E-state index < -0.39 is 5.82 Å². The summed E-state index contributed by atoms with van der Waals surface area (Å²) in [6.45, 7) is -0.187. The highest BCUT2D eigenvalue weighted by atomic mass is 35.5. The average Bonchev–Trinajstić information content (AvgIpc) is 2.70. The summed E-state index contributed by atoms with van der Waals surface area (Å²) in [4.78, 5) is 0. The molecule has 0 aliphatic rings. The lowest BCUT2D eigenvalue weighted by Crippen LogP contribution is -1.85.